The van der Waals surface area contributed by atoms with Crippen LogP contribution in [0, 0.1) is 0 Å². The van der Waals surface area contributed by atoms with Crippen LogP contribution >= 0.6 is 0 Å². The molecular weight excluding hydrogens is 266 g/mol. The summed E-state index contributed by atoms with van der Waals surface area (Å²) in [4.78, 5) is 30.4. The van der Waals surface area contributed by atoms with Crippen LogP contribution in [0.25, 0.3) is 5.78 Å². The molecule has 0 saturated carbocycles. The fourth-order valence-electron chi connectivity index (χ4n) is 1.73. The molecule has 106 valence electrons. The van der Waals surface area contributed by atoms with Crippen molar-refractivity contribution in [3.8, 4) is 0 Å². The molecule has 0 radical (unpaired) electrons. The predicted octanol–water partition coefficient (Wildman–Crippen LogP) is -1.14. The van der Waals surface area contributed by atoms with Crippen LogP contribution in [-0.2, 0) is 11.2 Å². The zero-order valence-electron chi connectivity index (χ0n) is 10.6. The number of nitrogens with one attached hydrogen (secondary N) is 1. The van der Waals surface area contributed by atoms with Crippen molar-refractivity contribution in [2.75, 3.05) is 6.54 Å². The standard InChI is InChI=1S/C11H13N5O4/c1-2-7-6(3-13-11-14-5-15-16(7)11)9(18)12-4-8(17)10(19)20/h3,5,8,17H,2,4H2,1H3,(H,12,18)(H,19,20)/t8-/m0/s1. The molecule has 3 N–H and O–H groups in total. The fourth-order valence-corrected chi connectivity index (χ4v) is 1.73. The molecule has 0 saturated heterocycles. The van der Waals surface area contributed by atoms with Crippen molar-refractivity contribution in [3.63, 3.8) is 0 Å². The Kier molecular flexibility index (Phi) is 3.89. The summed E-state index contributed by atoms with van der Waals surface area (Å²) in [6, 6.07) is 0. The van der Waals surface area contributed by atoms with Crippen LogP contribution in [0.2, 0.25) is 0 Å². The van der Waals surface area contributed by atoms with Crippen molar-refractivity contribution in [2.24, 2.45) is 0 Å². The quantitative estimate of drug-likeness (QED) is 0.630. The van der Waals surface area contributed by atoms with E-state index in [1.807, 2.05) is 6.92 Å². The summed E-state index contributed by atoms with van der Waals surface area (Å²) in [5, 5.41) is 24.0. The Bertz CT molecular complexity index is 653. The van der Waals surface area contributed by atoms with Crippen LogP contribution in [0.1, 0.15) is 23.0 Å². The minimum atomic E-state index is -1.65. The van der Waals surface area contributed by atoms with Gasteiger partial charge in [-0.1, -0.05) is 6.92 Å². The van der Waals surface area contributed by atoms with Crippen LogP contribution in [0.3, 0.4) is 0 Å². The molecule has 0 bridgehead atoms. The van der Waals surface area contributed by atoms with Crippen molar-refractivity contribution < 1.29 is 19.8 Å². The van der Waals surface area contributed by atoms with Gasteiger partial charge < -0.3 is 15.5 Å². The number of carboxylic acids is 1. The number of aliphatic carboxylic acids is 1. The van der Waals surface area contributed by atoms with Gasteiger partial charge >= 0.3 is 5.97 Å². The summed E-state index contributed by atoms with van der Waals surface area (Å²) < 4.78 is 1.45. The molecule has 2 rings (SSSR count). The van der Waals surface area contributed by atoms with Crippen molar-refractivity contribution in [2.45, 2.75) is 19.4 Å². The molecule has 9 nitrogen and oxygen atoms in total. The minimum absolute atomic E-state index is 0.267. The first-order chi connectivity index (χ1) is 9.54. The second-order valence-electron chi connectivity index (χ2n) is 4.01. The van der Waals surface area contributed by atoms with Gasteiger partial charge in [0.05, 0.1) is 17.8 Å². The van der Waals surface area contributed by atoms with Crippen molar-refractivity contribution in [1.82, 2.24) is 24.9 Å². The number of nitrogens with zero attached hydrogens (tertiary/aromatic N) is 4. The molecule has 0 aromatic carbocycles. The summed E-state index contributed by atoms with van der Waals surface area (Å²) >= 11 is 0. The van der Waals surface area contributed by atoms with E-state index in [4.69, 9.17) is 10.2 Å². The third-order valence-electron chi connectivity index (χ3n) is 2.73. The van der Waals surface area contributed by atoms with E-state index in [1.54, 1.807) is 0 Å². The van der Waals surface area contributed by atoms with Crippen LogP contribution < -0.4 is 5.32 Å². The zero-order valence-corrected chi connectivity index (χ0v) is 10.6. The van der Waals surface area contributed by atoms with Crippen LogP contribution in [0.15, 0.2) is 12.5 Å². The number of carbonyl (C=O) groups is 2. The van der Waals surface area contributed by atoms with E-state index in [0.29, 0.717) is 17.9 Å². The Labute approximate surface area is 113 Å². The molecule has 0 aliphatic carbocycles. The maximum atomic E-state index is 12.0. The third-order valence-corrected chi connectivity index (χ3v) is 2.73. The van der Waals surface area contributed by atoms with Crippen LogP contribution in [0.4, 0.5) is 0 Å². The topological polar surface area (TPSA) is 130 Å². The van der Waals surface area contributed by atoms with E-state index < -0.39 is 18.0 Å². The zero-order chi connectivity index (χ0) is 14.7. The average molecular weight is 279 g/mol. The van der Waals surface area contributed by atoms with Gasteiger partial charge in [0.15, 0.2) is 6.10 Å². The molecule has 20 heavy (non-hydrogen) atoms. The Morgan fingerprint density at radius 1 is 1.45 bits per heavy atom. The van der Waals surface area contributed by atoms with E-state index in [-0.39, 0.29) is 12.1 Å². The van der Waals surface area contributed by atoms with Crippen molar-refractivity contribution in [1.29, 1.82) is 0 Å². The van der Waals surface area contributed by atoms with E-state index in [9.17, 15) is 9.59 Å². The molecule has 0 aliphatic rings. The maximum Gasteiger partial charge on any atom is 0.334 e. The number of aromatic nitrogens is 4. The number of rotatable bonds is 5. The minimum Gasteiger partial charge on any atom is -0.479 e. The van der Waals surface area contributed by atoms with Gasteiger partial charge in [-0.05, 0) is 6.42 Å². The second-order valence-corrected chi connectivity index (χ2v) is 4.01. The molecule has 2 aromatic rings. The van der Waals surface area contributed by atoms with Gasteiger partial charge in [-0.2, -0.15) is 10.1 Å². The molecule has 0 spiro atoms. The Morgan fingerprint density at radius 3 is 2.85 bits per heavy atom. The normalized spacial score (nSPS) is 12.3. The lowest BCUT2D eigenvalue weighted by molar-refractivity contribution is -0.146. The SMILES string of the molecule is CCc1c(C(=O)NC[C@H](O)C(=O)O)cnc2ncnn12. The molecule has 1 amide bonds. The summed E-state index contributed by atoms with van der Waals surface area (Å²) in [6.45, 7) is 1.46. The molecule has 0 unspecified atom stereocenters. The maximum absolute atomic E-state index is 12.0. The van der Waals surface area contributed by atoms with Gasteiger partial charge in [-0.15, -0.1) is 0 Å². The van der Waals surface area contributed by atoms with E-state index in [2.05, 4.69) is 20.4 Å². The molecule has 2 aromatic heterocycles. The summed E-state index contributed by atoms with van der Waals surface area (Å²) in [7, 11) is 0. The number of aliphatic hydroxyl groups is 1. The number of hydrogen-bond donors (Lipinski definition) is 3. The van der Waals surface area contributed by atoms with Crippen LogP contribution in [0.5, 0.6) is 0 Å². The van der Waals surface area contributed by atoms with Crippen LogP contribution in [-0.4, -0.2) is 54.3 Å². The van der Waals surface area contributed by atoms with Crippen molar-refractivity contribution in [3.05, 3.63) is 23.8 Å². The molecule has 0 aliphatic heterocycles. The lowest BCUT2D eigenvalue weighted by Crippen LogP contribution is -2.37. The monoisotopic (exact) mass is 279 g/mol. The van der Waals surface area contributed by atoms with Crippen molar-refractivity contribution >= 4 is 17.7 Å². The number of carbonyl (C=O) groups excluding carboxylic acids is 1. The summed E-state index contributed by atoms with van der Waals surface area (Å²) in [5.41, 5.74) is 0.873. The van der Waals surface area contributed by atoms with E-state index in [1.165, 1.54) is 17.0 Å². The molecule has 1 atom stereocenters. The summed E-state index contributed by atoms with van der Waals surface area (Å²) in [6.07, 6.45) is 1.56. The highest BCUT2D eigenvalue weighted by Gasteiger charge is 2.18. The molecule has 0 fully saturated rings. The summed E-state index contributed by atoms with van der Waals surface area (Å²) in [5.74, 6) is -1.54. The number of hydrogen-bond acceptors (Lipinski definition) is 6. The van der Waals surface area contributed by atoms with Gasteiger partial charge in [0.1, 0.15) is 6.33 Å². The average Bonchev–Trinajstić information content (AvgIpc) is 2.91. The number of amides is 1. The number of aryl methyl sites for hydroxylation is 1. The Morgan fingerprint density at radius 2 is 2.20 bits per heavy atom. The van der Waals surface area contributed by atoms with Gasteiger partial charge in [0.25, 0.3) is 11.7 Å². The first kappa shape index (κ1) is 13.9. The number of fused-ring (bicyclic) bond motifs is 1. The predicted molar refractivity (Wildman–Crippen MR) is 66.1 cm³/mol. The highest BCUT2D eigenvalue weighted by molar-refractivity contribution is 5.95. The first-order valence-electron chi connectivity index (χ1n) is 5.91. The Balaban J connectivity index is 2.23. The van der Waals surface area contributed by atoms with E-state index in [0.717, 1.165) is 0 Å². The highest BCUT2D eigenvalue weighted by Crippen LogP contribution is 2.09. The first-order valence-corrected chi connectivity index (χ1v) is 5.91. The van der Waals surface area contributed by atoms with Gasteiger partial charge in [-0.25, -0.2) is 14.3 Å². The molecule has 2 heterocycles. The molecule has 9 heteroatoms. The number of carboxylic acid groups (broad SMARTS) is 1. The Hall–Kier alpha value is -2.55. The van der Waals surface area contributed by atoms with Gasteiger partial charge in [0.2, 0.25) is 0 Å². The van der Waals surface area contributed by atoms with Gasteiger partial charge in [-0.3, -0.25) is 4.79 Å². The number of aliphatic hydroxyl groups excluding tert-OH is 1. The largest absolute Gasteiger partial charge is 0.479 e. The smallest absolute Gasteiger partial charge is 0.334 e. The second kappa shape index (κ2) is 5.61. The molecular formula is C11H13N5O4. The lowest BCUT2D eigenvalue weighted by atomic mass is 10.1. The lowest BCUT2D eigenvalue weighted by Gasteiger charge is -2.10. The fraction of sp³-hybridized carbons (Fsp3) is 0.364. The highest BCUT2D eigenvalue weighted by atomic mass is 16.4. The van der Waals surface area contributed by atoms with E-state index >= 15 is 0 Å². The van der Waals surface area contributed by atoms with Gasteiger partial charge in [0, 0.05) is 6.20 Å². The third kappa shape index (κ3) is 2.57.